The molecule has 0 heterocycles. The second kappa shape index (κ2) is 8.66. The van der Waals surface area contributed by atoms with Crippen molar-refractivity contribution in [2.45, 2.75) is 39.7 Å². The van der Waals surface area contributed by atoms with Crippen LogP contribution in [-0.2, 0) is 9.53 Å². The fourth-order valence-electron chi connectivity index (χ4n) is 1.49. The summed E-state index contributed by atoms with van der Waals surface area (Å²) in [6.07, 6.45) is 3.59. The Morgan fingerprint density at radius 3 is 2.65 bits per heavy atom. The van der Waals surface area contributed by atoms with E-state index >= 15 is 0 Å². The van der Waals surface area contributed by atoms with Crippen LogP contribution in [0.3, 0.4) is 0 Å². The Bertz CT molecular complexity index is 303. The first-order valence-electron chi connectivity index (χ1n) is 6.06. The van der Waals surface area contributed by atoms with E-state index in [0.717, 1.165) is 18.5 Å². The van der Waals surface area contributed by atoms with E-state index in [1.807, 2.05) is 18.7 Å². The monoisotopic (exact) mass is 237 g/mol. The van der Waals surface area contributed by atoms with Gasteiger partial charge in [-0.1, -0.05) is 26.5 Å². The number of hydrogen-bond acceptors (Lipinski definition) is 3. The molecule has 0 aliphatic heterocycles. The fraction of sp³-hybridized carbons (Fsp3) is 0.571. The maximum atomic E-state index is 11.8. The van der Waals surface area contributed by atoms with E-state index in [-0.39, 0.29) is 12.0 Å². The second-order valence-electron chi connectivity index (χ2n) is 3.82. The third-order valence-corrected chi connectivity index (χ3v) is 2.53. The highest BCUT2D eigenvalue weighted by Gasteiger charge is 2.21. The van der Waals surface area contributed by atoms with E-state index in [4.69, 9.17) is 4.74 Å². The summed E-state index contributed by atoms with van der Waals surface area (Å²) in [5, 5.41) is 0. The first-order valence-corrected chi connectivity index (χ1v) is 6.06. The minimum Gasteiger partial charge on any atom is -0.464 e. The fourth-order valence-corrected chi connectivity index (χ4v) is 1.49. The Balaban J connectivity index is 4.41. The van der Waals surface area contributed by atoms with Crippen molar-refractivity contribution in [2.75, 3.05) is 13.2 Å². The van der Waals surface area contributed by atoms with E-state index in [1.165, 1.54) is 0 Å². The van der Waals surface area contributed by atoms with Crippen molar-refractivity contribution in [3.63, 3.8) is 0 Å². The molecule has 0 aliphatic carbocycles. The Morgan fingerprint density at radius 2 is 2.18 bits per heavy atom. The van der Waals surface area contributed by atoms with Crippen molar-refractivity contribution in [1.29, 1.82) is 0 Å². The first kappa shape index (κ1) is 15.5. The van der Waals surface area contributed by atoms with Gasteiger partial charge in [0.25, 0.3) is 0 Å². The summed E-state index contributed by atoms with van der Waals surface area (Å²) < 4.78 is 5.18. The highest BCUT2D eigenvalue weighted by atomic mass is 16.5. The smallest absolute Gasteiger partial charge is 0.328 e. The second-order valence-corrected chi connectivity index (χ2v) is 3.82. The topological polar surface area (TPSA) is 29.5 Å². The molecule has 0 bridgehead atoms. The Kier molecular flexibility index (Phi) is 7.91. The lowest BCUT2D eigenvalue weighted by atomic mass is 10.2. The van der Waals surface area contributed by atoms with Crippen LogP contribution in [0, 0.1) is 0 Å². The van der Waals surface area contributed by atoms with Gasteiger partial charge in [-0.25, -0.2) is 4.79 Å². The molecule has 0 spiro atoms. The SMILES string of the molecule is C=C=CC(=C)N(CC)C(C)C(=O)OCCCC. The Morgan fingerprint density at radius 1 is 1.53 bits per heavy atom. The van der Waals surface area contributed by atoms with Crippen LogP contribution in [0.15, 0.2) is 30.7 Å². The third kappa shape index (κ3) is 5.41. The predicted octanol–water partition coefficient (Wildman–Crippen LogP) is 2.89. The lowest BCUT2D eigenvalue weighted by Gasteiger charge is -2.28. The predicted molar refractivity (Wildman–Crippen MR) is 70.6 cm³/mol. The van der Waals surface area contributed by atoms with Gasteiger partial charge in [-0.2, -0.15) is 0 Å². The normalized spacial score (nSPS) is 11.2. The molecule has 3 nitrogen and oxygen atoms in total. The van der Waals surface area contributed by atoms with Crippen molar-refractivity contribution in [3.8, 4) is 0 Å². The minimum absolute atomic E-state index is 0.209. The molecule has 0 aromatic heterocycles. The van der Waals surface area contributed by atoms with Crippen molar-refractivity contribution in [1.82, 2.24) is 4.90 Å². The summed E-state index contributed by atoms with van der Waals surface area (Å²) in [6.45, 7) is 14.4. The largest absolute Gasteiger partial charge is 0.464 e. The molecule has 0 fully saturated rings. The van der Waals surface area contributed by atoms with Crippen LogP contribution >= 0.6 is 0 Å². The van der Waals surface area contributed by atoms with Crippen LogP contribution in [-0.4, -0.2) is 30.1 Å². The summed E-state index contributed by atoms with van der Waals surface area (Å²) in [6, 6.07) is -0.325. The number of hydrogen-bond donors (Lipinski definition) is 0. The zero-order chi connectivity index (χ0) is 13.3. The number of carbonyl (C=O) groups is 1. The summed E-state index contributed by atoms with van der Waals surface area (Å²) in [4.78, 5) is 13.6. The molecule has 0 rings (SSSR count). The Labute approximate surface area is 104 Å². The first-order chi connectivity index (χ1) is 8.08. The van der Waals surface area contributed by atoms with E-state index in [1.54, 1.807) is 6.08 Å². The summed E-state index contributed by atoms with van der Waals surface area (Å²) in [5.41, 5.74) is 3.38. The molecule has 0 amide bonds. The average molecular weight is 237 g/mol. The number of ether oxygens (including phenoxy) is 1. The van der Waals surface area contributed by atoms with E-state index < -0.39 is 0 Å². The van der Waals surface area contributed by atoms with Gasteiger partial charge in [0.1, 0.15) is 6.04 Å². The molecule has 0 aromatic rings. The van der Waals surface area contributed by atoms with Crippen LogP contribution in [0.5, 0.6) is 0 Å². The number of carbonyl (C=O) groups excluding carboxylic acids is 1. The van der Waals surface area contributed by atoms with Crippen molar-refractivity contribution >= 4 is 5.97 Å². The zero-order valence-corrected chi connectivity index (χ0v) is 11.2. The van der Waals surface area contributed by atoms with Gasteiger partial charge in [-0.3, -0.25) is 0 Å². The molecule has 17 heavy (non-hydrogen) atoms. The quantitative estimate of drug-likeness (QED) is 0.281. The molecule has 0 saturated carbocycles. The van der Waals surface area contributed by atoms with Crippen LogP contribution in [0.1, 0.15) is 33.6 Å². The minimum atomic E-state index is -0.325. The Hall–Kier alpha value is -1.47. The molecule has 1 unspecified atom stereocenters. The van der Waals surface area contributed by atoms with E-state index in [9.17, 15) is 4.79 Å². The van der Waals surface area contributed by atoms with Crippen LogP contribution < -0.4 is 0 Å². The van der Waals surface area contributed by atoms with Crippen LogP contribution in [0.25, 0.3) is 0 Å². The maximum absolute atomic E-state index is 11.8. The van der Waals surface area contributed by atoms with Crippen LogP contribution in [0.2, 0.25) is 0 Å². The summed E-state index contributed by atoms with van der Waals surface area (Å²) in [5.74, 6) is -0.209. The van der Waals surface area contributed by atoms with Gasteiger partial charge < -0.3 is 9.64 Å². The lowest BCUT2D eigenvalue weighted by Crippen LogP contribution is -2.38. The van der Waals surface area contributed by atoms with Gasteiger partial charge >= 0.3 is 5.97 Å². The highest BCUT2D eigenvalue weighted by molar-refractivity contribution is 5.75. The highest BCUT2D eigenvalue weighted by Crippen LogP contribution is 2.10. The number of rotatable bonds is 8. The molecular weight excluding hydrogens is 214 g/mol. The molecule has 0 N–H and O–H groups in total. The molecular formula is C14H23NO2. The summed E-state index contributed by atoms with van der Waals surface area (Å²) >= 11 is 0. The molecule has 0 aromatic carbocycles. The van der Waals surface area contributed by atoms with Gasteiger partial charge in [0, 0.05) is 18.3 Å². The number of allylic oxidation sites excluding steroid dienone is 1. The zero-order valence-electron chi connectivity index (χ0n) is 11.2. The molecule has 96 valence electrons. The molecule has 1 atom stereocenters. The maximum Gasteiger partial charge on any atom is 0.328 e. The lowest BCUT2D eigenvalue weighted by molar-refractivity contribution is -0.148. The average Bonchev–Trinajstić information content (AvgIpc) is 2.30. The number of esters is 1. The number of likely N-dealkylation sites (N-methyl/N-ethyl adjacent to an activating group) is 1. The van der Waals surface area contributed by atoms with Gasteiger partial charge in [-0.05, 0) is 20.3 Å². The molecule has 0 saturated heterocycles. The van der Waals surface area contributed by atoms with Gasteiger partial charge in [0.15, 0.2) is 0 Å². The molecule has 3 heteroatoms. The van der Waals surface area contributed by atoms with Gasteiger partial charge in [0.05, 0.1) is 6.61 Å². The summed E-state index contributed by atoms with van der Waals surface area (Å²) in [7, 11) is 0. The number of nitrogens with zero attached hydrogens (tertiary/aromatic N) is 1. The van der Waals surface area contributed by atoms with E-state index in [2.05, 4.69) is 25.8 Å². The van der Waals surface area contributed by atoms with Crippen molar-refractivity contribution in [3.05, 3.63) is 30.7 Å². The van der Waals surface area contributed by atoms with Gasteiger partial charge in [0.2, 0.25) is 0 Å². The third-order valence-electron chi connectivity index (χ3n) is 2.53. The van der Waals surface area contributed by atoms with Crippen molar-refractivity contribution in [2.24, 2.45) is 0 Å². The number of unbranched alkanes of at least 4 members (excludes halogenated alkanes) is 1. The molecule has 0 radical (unpaired) electrons. The van der Waals surface area contributed by atoms with Gasteiger partial charge in [-0.15, -0.1) is 5.73 Å². The standard InChI is InChI=1S/C14H23NO2/c1-6-9-11-17-14(16)13(5)15(8-3)12(4)10-7-2/h10,13H,2,4,6,8-9,11H2,1,3,5H3. The molecule has 0 aliphatic rings. The van der Waals surface area contributed by atoms with Crippen LogP contribution in [0.4, 0.5) is 0 Å². The van der Waals surface area contributed by atoms with E-state index in [0.29, 0.717) is 13.2 Å². The van der Waals surface area contributed by atoms with Crippen molar-refractivity contribution < 1.29 is 9.53 Å².